The molecule has 3 N–H and O–H groups in total. The summed E-state index contributed by atoms with van der Waals surface area (Å²) >= 11 is 0. The Bertz CT molecular complexity index is 337. The van der Waals surface area contributed by atoms with Gasteiger partial charge >= 0.3 is 18.2 Å². The molecule has 2 amide bonds. The van der Waals surface area contributed by atoms with Crippen LogP contribution < -0.4 is 10.6 Å². The molecule has 0 aromatic rings. The van der Waals surface area contributed by atoms with Crippen LogP contribution in [0.3, 0.4) is 0 Å². The monoisotopic (exact) mass is 276 g/mol. The Balaban J connectivity index is 4.31. The van der Waals surface area contributed by atoms with Gasteiger partial charge in [0.15, 0.2) is 0 Å². The van der Waals surface area contributed by atoms with Gasteiger partial charge in [0.05, 0.1) is 13.2 Å². The molecule has 0 aliphatic heterocycles. The smallest absolute Gasteiger partial charge is 0.408 e. The molecule has 0 aromatic heterocycles. The minimum atomic E-state index is -1.29. The molecular weight excluding hydrogens is 256 g/mol. The summed E-state index contributed by atoms with van der Waals surface area (Å²) in [6, 6.07) is -1.29. The van der Waals surface area contributed by atoms with E-state index in [1.165, 1.54) is 0 Å². The molecule has 1 atom stereocenters. The number of carboxylic acids is 1. The fourth-order valence-electron chi connectivity index (χ4n) is 1.02. The number of carbonyl (C=O) groups excluding carboxylic acids is 2. The van der Waals surface area contributed by atoms with Crippen molar-refractivity contribution in [2.75, 3.05) is 13.2 Å². The maximum atomic E-state index is 11.4. The number of aliphatic carboxylic acids is 1. The molecule has 19 heavy (non-hydrogen) atoms. The van der Waals surface area contributed by atoms with Crippen molar-refractivity contribution in [1.29, 1.82) is 0 Å². The van der Waals surface area contributed by atoms with Crippen molar-refractivity contribution in [1.82, 2.24) is 10.6 Å². The van der Waals surface area contributed by atoms with Gasteiger partial charge in [-0.1, -0.05) is 0 Å². The molecule has 0 saturated carbocycles. The second-order valence-electron chi connectivity index (χ2n) is 4.64. The molecule has 8 heteroatoms. The summed E-state index contributed by atoms with van der Waals surface area (Å²) in [6.07, 6.45) is -1.62. The topological polar surface area (TPSA) is 114 Å². The third-order valence-corrected chi connectivity index (χ3v) is 1.72. The third-order valence-electron chi connectivity index (χ3n) is 1.72. The number of ether oxygens (including phenoxy) is 2. The van der Waals surface area contributed by atoms with Gasteiger partial charge in [-0.15, -0.1) is 0 Å². The Hall–Kier alpha value is -1.99. The predicted octanol–water partition coefficient (Wildman–Crippen LogP) is 0.710. The first kappa shape index (κ1) is 17.0. The first-order valence-electron chi connectivity index (χ1n) is 5.78. The Morgan fingerprint density at radius 3 is 2.21 bits per heavy atom. The van der Waals surface area contributed by atoms with E-state index in [0.717, 1.165) is 0 Å². The molecule has 0 heterocycles. The second kappa shape index (κ2) is 7.45. The van der Waals surface area contributed by atoms with Crippen molar-refractivity contribution in [3.05, 3.63) is 0 Å². The van der Waals surface area contributed by atoms with Crippen LogP contribution in [0.5, 0.6) is 0 Å². The zero-order chi connectivity index (χ0) is 15.1. The van der Waals surface area contributed by atoms with E-state index in [9.17, 15) is 14.4 Å². The molecular formula is C11H20N2O6. The third kappa shape index (κ3) is 8.70. The van der Waals surface area contributed by atoms with Crippen LogP contribution in [0.15, 0.2) is 0 Å². The van der Waals surface area contributed by atoms with Gasteiger partial charge in [0.25, 0.3) is 0 Å². The molecule has 0 saturated heterocycles. The Labute approximate surface area is 111 Å². The molecule has 0 aromatic carbocycles. The molecule has 0 fully saturated rings. The summed E-state index contributed by atoms with van der Waals surface area (Å²) in [5.41, 5.74) is -0.734. The molecule has 0 radical (unpaired) electrons. The van der Waals surface area contributed by atoms with Crippen LogP contribution in [0.4, 0.5) is 9.59 Å². The minimum Gasteiger partial charge on any atom is -0.480 e. The van der Waals surface area contributed by atoms with Gasteiger partial charge in [-0.25, -0.2) is 14.4 Å². The highest BCUT2D eigenvalue weighted by Crippen LogP contribution is 2.06. The molecule has 0 bridgehead atoms. The number of rotatable bonds is 5. The summed E-state index contributed by atoms with van der Waals surface area (Å²) in [4.78, 5) is 33.3. The van der Waals surface area contributed by atoms with Crippen molar-refractivity contribution in [3.63, 3.8) is 0 Å². The number of carbonyl (C=O) groups is 3. The molecule has 0 aliphatic rings. The van der Waals surface area contributed by atoms with E-state index in [-0.39, 0.29) is 13.2 Å². The lowest BCUT2D eigenvalue weighted by molar-refractivity contribution is -0.139. The van der Waals surface area contributed by atoms with E-state index in [0.29, 0.717) is 0 Å². The minimum absolute atomic E-state index is 0.170. The predicted molar refractivity (Wildman–Crippen MR) is 65.8 cm³/mol. The van der Waals surface area contributed by atoms with Crippen molar-refractivity contribution >= 4 is 18.2 Å². The summed E-state index contributed by atoms with van der Waals surface area (Å²) in [5.74, 6) is -1.29. The summed E-state index contributed by atoms with van der Waals surface area (Å²) in [6.45, 7) is 6.45. The lowest BCUT2D eigenvalue weighted by Gasteiger charge is -2.22. The van der Waals surface area contributed by atoms with Crippen molar-refractivity contribution in [2.45, 2.75) is 39.3 Å². The van der Waals surface area contributed by atoms with Gasteiger partial charge in [-0.05, 0) is 27.7 Å². The van der Waals surface area contributed by atoms with Crippen LogP contribution in [-0.2, 0) is 14.3 Å². The van der Waals surface area contributed by atoms with E-state index >= 15 is 0 Å². The highest BCUT2D eigenvalue weighted by molar-refractivity contribution is 5.81. The lowest BCUT2D eigenvalue weighted by Crippen LogP contribution is -2.49. The van der Waals surface area contributed by atoms with E-state index in [1.54, 1.807) is 27.7 Å². The molecule has 0 aliphatic carbocycles. The first-order chi connectivity index (χ1) is 8.65. The second-order valence-corrected chi connectivity index (χ2v) is 4.64. The molecule has 0 spiro atoms. The highest BCUT2D eigenvalue weighted by Gasteiger charge is 2.24. The fourth-order valence-corrected chi connectivity index (χ4v) is 1.02. The molecule has 8 nitrogen and oxygen atoms in total. The van der Waals surface area contributed by atoms with Crippen LogP contribution in [0.1, 0.15) is 27.7 Å². The summed E-state index contributed by atoms with van der Waals surface area (Å²) < 4.78 is 9.49. The van der Waals surface area contributed by atoms with E-state index in [4.69, 9.17) is 9.84 Å². The van der Waals surface area contributed by atoms with E-state index in [2.05, 4.69) is 15.4 Å². The molecule has 0 unspecified atom stereocenters. The SMILES string of the molecule is CCOC(=O)NC[C@H](NC(=O)OC(C)(C)C)C(=O)O. The number of hydrogen-bond donors (Lipinski definition) is 3. The van der Waals surface area contributed by atoms with E-state index < -0.39 is 29.8 Å². The quantitative estimate of drug-likeness (QED) is 0.681. The number of carboxylic acid groups (broad SMARTS) is 1. The largest absolute Gasteiger partial charge is 0.480 e. The van der Waals surface area contributed by atoms with Gasteiger partial charge in [-0.3, -0.25) is 0 Å². The maximum Gasteiger partial charge on any atom is 0.408 e. The van der Waals surface area contributed by atoms with Crippen LogP contribution in [0.2, 0.25) is 0 Å². The molecule has 0 rings (SSSR count). The zero-order valence-electron chi connectivity index (χ0n) is 11.5. The Kier molecular flexibility index (Phi) is 6.67. The van der Waals surface area contributed by atoms with Gasteiger partial charge in [0, 0.05) is 0 Å². The maximum absolute atomic E-state index is 11.4. The van der Waals surface area contributed by atoms with Crippen LogP contribution in [0.25, 0.3) is 0 Å². The summed E-state index contributed by atoms with van der Waals surface area (Å²) in [7, 11) is 0. The van der Waals surface area contributed by atoms with Gasteiger partial charge in [0.2, 0.25) is 0 Å². The normalized spacial score (nSPS) is 12.2. The van der Waals surface area contributed by atoms with Gasteiger partial charge in [-0.2, -0.15) is 0 Å². The van der Waals surface area contributed by atoms with Crippen molar-refractivity contribution < 1.29 is 29.0 Å². The average molecular weight is 276 g/mol. The van der Waals surface area contributed by atoms with Crippen molar-refractivity contribution in [3.8, 4) is 0 Å². The standard InChI is InChI=1S/C11H20N2O6/c1-5-18-9(16)12-6-7(8(14)15)13-10(17)19-11(2,3)4/h7H,5-6H2,1-4H3,(H,12,16)(H,13,17)(H,14,15)/t7-/m0/s1. The first-order valence-corrected chi connectivity index (χ1v) is 5.78. The highest BCUT2D eigenvalue weighted by atomic mass is 16.6. The van der Waals surface area contributed by atoms with Gasteiger partial charge in [0.1, 0.15) is 11.6 Å². The van der Waals surface area contributed by atoms with Crippen LogP contribution >= 0.6 is 0 Å². The molecule has 110 valence electrons. The lowest BCUT2D eigenvalue weighted by atomic mass is 10.2. The number of hydrogen-bond acceptors (Lipinski definition) is 5. The van der Waals surface area contributed by atoms with Crippen molar-refractivity contribution in [2.24, 2.45) is 0 Å². The fraction of sp³-hybridized carbons (Fsp3) is 0.727. The van der Waals surface area contributed by atoms with Crippen LogP contribution in [-0.4, -0.2) is 48.1 Å². The van der Waals surface area contributed by atoms with Gasteiger partial charge < -0.3 is 25.2 Å². The number of amides is 2. The van der Waals surface area contributed by atoms with E-state index in [1.807, 2.05) is 0 Å². The summed E-state index contributed by atoms with van der Waals surface area (Å²) in [5, 5.41) is 13.3. The average Bonchev–Trinajstić information content (AvgIpc) is 2.21. The number of nitrogens with one attached hydrogen (secondary N) is 2. The Morgan fingerprint density at radius 2 is 1.79 bits per heavy atom. The van der Waals surface area contributed by atoms with Crippen LogP contribution in [0, 0.1) is 0 Å². The Morgan fingerprint density at radius 1 is 1.21 bits per heavy atom. The zero-order valence-corrected chi connectivity index (χ0v) is 11.5. The number of alkyl carbamates (subject to hydrolysis) is 2.